The van der Waals surface area contributed by atoms with Crippen LogP contribution in [0, 0.1) is 13.8 Å². The van der Waals surface area contributed by atoms with Gasteiger partial charge in [0, 0.05) is 43.1 Å². The van der Waals surface area contributed by atoms with Crippen LogP contribution in [-0.4, -0.2) is 32.1 Å². The molecule has 2 aromatic rings. The molecule has 2 aromatic heterocycles. The Hall–Kier alpha value is -1.82. The van der Waals surface area contributed by atoms with Gasteiger partial charge in [-0.15, -0.1) is 0 Å². The zero-order valence-corrected chi connectivity index (χ0v) is 15.9. The van der Waals surface area contributed by atoms with Gasteiger partial charge in [-0.2, -0.15) is 0 Å². The minimum absolute atomic E-state index is 0.0222. The number of pyridine rings is 2. The summed E-state index contributed by atoms with van der Waals surface area (Å²) in [6.07, 6.45) is 8.09. The van der Waals surface area contributed by atoms with Crippen molar-refractivity contribution in [3.05, 3.63) is 58.7 Å². The third kappa shape index (κ3) is 4.67. The van der Waals surface area contributed by atoms with Crippen molar-refractivity contribution in [2.24, 2.45) is 5.73 Å². The van der Waals surface area contributed by atoms with Crippen molar-refractivity contribution < 1.29 is 5.11 Å². The second-order valence-corrected chi connectivity index (χ2v) is 7.52. The van der Waals surface area contributed by atoms with Crippen molar-refractivity contribution in [1.29, 1.82) is 0 Å². The van der Waals surface area contributed by atoms with E-state index in [9.17, 15) is 5.11 Å². The lowest BCUT2D eigenvalue weighted by atomic mass is 9.90. The maximum Gasteiger partial charge on any atom is 0.0700 e. The zero-order chi connectivity index (χ0) is 18.5. The van der Waals surface area contributed by atoms with Gasteiger partial charge >= 0.3 is 0 Å². The summed E-state index contributed by atoms with van der Waals surface area (Å²) < 4.78 is 0. The van der Waals surface area contributed by atoms with Crippen LogP contribution in [0.2, 0.25) is 0 Å². The van der Waals surface area contributed by atoms with Crippen molar-refractivity contribution in [1.82, 2.24) is 14.9 Å². The monoisotopic (exact) mass is 354 g/mol. The minimum Gasteiger partial charge on any atom is -0.392 e. The van der Waals surface area contributed by atoms with Crippen LogP contribution < -0.4 is 5.73 Å². The number of nitrogens with two attached hydrogens (primary N) is 1. The highest BCUT2D eigenvalue weighted by atomic mass is 16.3. The standard InChI is InChI=1S/C21H30N4O/c1-15-10-16(2)20(24-11-15)12-25(19-7-5-18(22)6-8-19)13-21-17(14-26)4-3-9-23-21/h3-4,9-11,18-19,26H,5-8,12-14,22H2,1-2H3/t18-,19-. The van der Waals surface area contributed by atoms with Gasteiger partial charge in [-0.1, -0.05) is 12.1 Å². The summed E-state index contributed by atoms with van der Waals surface area (Å²) in [6.45, 7) is 5.75. The molecule has 0 spiro atoms. The molecule has 0 unspecified atom stereocenters. The van der Waals surface area contributed by atoms with E-state index < -0.39 is 0 Å². The Labute approximate surface area is 156 Å². The van der Waals surface area contributed by atoms with Crippen LogP contribution in [0.3, 0.4) is 0 Å². The number of hydrogen-bond acceptors (Lipinski definition) is 5. The quantitative estimate of drug-likeness (QED) is 0.834. The lowest BCUT2D eigenvalue weighted by Gasteiger charge is -2.36. The third-order valence-corrected chi connectivity index (χ3v) is 5.44. The molecule has 3 N–H and O–H groups in total. The number of aliphatic hydroxyl groups excluding tert-OH is 1. The van der Waals surface area contributed by atoms with Gasteiger partial charge in [-0.3, -0.25) is 14.9 Å². The van der Waals surface area contributed by atoms with E-state index in [0.29, 0.717) is 12.1 Å². The molecule has 0 bridgehead atoms. The van der Waals surface area contributed by atoms with Gasteiger partial charge in [0.1, 0.15) is 0 Å². The fraction of sp³-hybridized carbons (Fsp3) is 0.524. The third-order valence-electron chi connectivity index (χ3n) is 5.44. The van der Waals surface area contributed by atoms with Crippen LogP contribution in [0.25, 0.3) is 0 Å². The Kier molecular flexibility index (Phi) is 6.35. The molecule has 1 aliphatic rings. The molecule has 1 fully saturated rings. The first-order valence-electron chi connectivity index (χ1n) is 9.52. The summed E-state index contributed by atoms with van der Waals surface area (Å²) in [5.74, 6) is 0. The first-order valence-corrected chi connectivity index (χ1v) is 9.52. The molecule has 3 rings (SSSR count). The van der Waals surface area contributed by atoms with Crippen molar-refractivity contribution in [3.8, 4) is 0 Å². The lowest BCUT2D eigenvalue weighted by molar-refractivity contribution is 0.129. The molecule has 0 atom stereocenters. The highest BCUT2D eigenvalue weighted by molar-refractivity contribution is 5.24. The van der Waals surface area contributed by atoms with E-state index in [-0.39, 0.29) is 6.61 Å². The lowest BCUT2D eigenvalue weighted by Crippen LogP contribution is -2.40. The SMILES string of the molecule is Cc1cnc(CN(Cc2ncccc2CO)[C@H]2CC[C@H](N)CC2)c(C)c1. The number of aliphatic hydroxyl groups is 1. The van der Waals surface area contributed by atoms with Gasteiger partial charge in [0.15, 0.2) is 0 Å². The average molecular weight is 354 g/mol. The summed E-state index contributed by atoms with van der Waals surface area (Å²) in [7, 11) is 0. The maximum atomic E-state index is 9.65. The highest BCUT2D eigenvalue weighted by Gasteiger charge is 2.26. The predicted molar refractivity (Wildman–Crippen MR) is 103 cm³/mol. The van der Waals surface area contributed by atoms with Crippen LogP contribution in [0.5, 0.6) is 0 Å². The zero-order valence-electron chi connectivity index (χ0n) is 15.9. The van der Waals surface area contributed by atoms with Crippen molar-refractivity contribution >= 4 is 0 Å². The number of rotatable bonds is 6. The summed E-state index contributed by atoms with van der Waals surface area (Å²) >= 11 is 0. The minimum atomic E-state index is 0.0222. The van der Waals surface area contributed by atoms with Gasteiger partial charge in [-0.25, -0.2) is 0 Å². The van der Waals surface area contributed by atoms with E-state index in [4.69, 9.17) is 5.73 Å². The fourth-order valence-corrected chi connectivity index (χ4v) is 3.83. The maximum absolute atomic E-state index is 9.65. The average Bonchev–Trinajstić information content (AvgIpc) is 2.64. The van der Waals surface area contributed by atoms with E-state index in [0.717, 1.165) is 55.7 Å². The van der Waals surface area contributed by atoms with E-state index >= 15 is 0 Å². The molecule has 1 saturated carbocycles. The second kappa shape index (κ2) is 8.71. The number of aromatic nitrogens is 2. The molecule has 2 heterocycles. The normalized spacial score (nSPS) is 20.5. The van der Waals surface area contributed by atoms with Crippen LogP contribution in [0.4, 0.5) is 0 Å². The van der Waals surface area contributed by atoms with E-state index in [1.807, 2.05) is 18.3 Å². The topological polar surface area (TPSA) is 75.3 Å². The van der Waals surface area contributed by atoms with Crippen LogP contribution in [-0.2, 0) is 19.7 Å². The summed E-state index contributed by atoms with van der Waals surface area (Å²) in [4.78, 5) is 11.7. The number of aryl methyl sites for hydroxylation is 2. The first-order chi connectivity index (χ1) is 12.6. The van der Waals surface area contributed by atoms with Crippen LogP contribution >= 0.6 is 0 Å². The molecule has 5 heteroatoms. The molecule has 26 heavy (non-hydrogen) atoms. The molecule has 0 aromatic carbocycles. The molecular formula is C21H30N4O. The molecule has 0 aliphatic heterocycles. The molecule has 5 nitrogen and oxygen atoms in total. The summed E-state index contributed by atoms with van der Waals surface area (Å²) in [5, 5.41) is 9.65. The molecule has 1 aliphatic carbocycles. The largest absolute Gasteiger partial charge is 0.392 e. The van der Waals surface area contributed by atoms with Crippen molar-refractivity contribution in [3.63, 3.8) is 0 Å². The molecule has 0 amide bonds. The van der Waals surface area contributed by atoms with Crippen LogP contribution in [0.1, 0.15) is 53.8 Å². The van der Waals surface area contributed by atoms with E-state index in [2.05, 4.69) is 34.8 Å². The summed E-state index contributed by atoms with van der Waals surface area (Å²) in [5.41, 5.74) is 11.5. The van der Waals surface area contributed by atoms with E-state index in [1.54, 1.807) is 6.20 Å². The number of hydrogen-bond donors (Lipinski definition) is 2. The molecule has 0 saturated heterocycles. The summed E-state index contributed by atoms with van der Waals surface area (Å²) in [6, 6.07) is 6.83. The molecule has 140 valence electrons. The predicted octanol–water partition coefficient (Wildman–Crippen LogP) is 2.86. The first kappa shape index (κ1) is 19.0. The Morgan fingerprint density at radius 3 is 2.54 bits per heavy atom. The second-order valence-electron chi connectivity index (χ2n) is 7.52. The Bertz CT molecular complexity index is 726. The smallest absolute Gasteiger partial charge is 0.0700 e. The van der Waals surface area contributed by atoms with E-state index in [1.165, 1.54) is 11.1 Å². The molecular weight excluding hydrogens is 324 g/mol. The Balaban J connectivity index is 1.83. The highest BCUT2D eigenvalue weighted by Crippen LogP contribution is 2.26. The molecule has 0 radical (unpaired) electrons. The van der Waals surface area contributed by atoms with Gasteiger partial charge in [0.2, 0.25) is 0 Å². The van der Waals surface area contributed by atoms with Gasteiger partial charge < -0.3 is 10.8 Å². The van der Waals surface area contributed by atoms with Crippen molar-refractivity contribution in [2.75, 3.05) is 0 Å². The fourth-order valence-electron chi connectivity index (χ4n) is 3.83. The van der Waals surface area contributed by atoms with Gasteiger partial charge in [-0.05, 0) is 56.7 Å². The van der Waals surface area contributed by atoms with Gasteiger partial charge in [0.05, 0.1) is 18.0 Å². The van der Waals surface area contributed by atoms with Crippen LogP contribution in [0.15, 0.2) is 30.6 Å². The Morgan fingerprint density at radius 1 is 1.12 bits per heavy atom. The number of nitrogens with zero attached hydrogens (tertiary/aromatic N) is 3. The van der Waals surface area contributed by atoms with Crippen molar-refractivity contribution in [2.45, 2.75) is 71.3 Å². The van der Waals surface area contributed by atoms with Gasteiger partial charge in [0.25, 0.3) is 0 Å². The Morgan fingerprint density at radius 2 is 1.85 bits per heavy atom.